The number of aromatic nitrogens is 2. The van der Waals surface area contributed by atoms with E-state index in [0.717, 1.165) is 5.69 Å². The van der Waals surface area contributed by atoms with Crippen LogP contribution in [0.3, 0.4) is 0 Å². The van der Waals surface area contributed by atoms with Gasteiger partial charge in [0.1, 0.15) is 23.1 Å². The van der Waals surface area contributed by atoms with Crippen LogP contribution < -0.4 is 20.1 Å². The quantitative estimate of drug-likeness (QED) is 0.683. The normalized spacial score (nSPS) is 10.3. The molecule has 0 aliphatic heterocycles. The van der Waals surface area contributed by atoms with Gasteiger partial charge in [0.2, 0.25) is 5.95 Å². The molecule has 0 fully saturated rings. The first-order valence-electron chi connectivity index (χ1n) is 7.94. The van der Waals surface area contributed by atoms with Gasteiger partial charge < -0.3 is 20.1 Å². The maximum Gasteiger partial charge on any atom is 0.229 e. The Morgan fingerprint density at radius 1 is 0.923 bits per heavy atom. The van der Waals surface area contributed by atoms with E-state index in [2.05, 4.69) is 20.6 Å². The van der Waals surface area contributed by atoms with Crippen LogP contribution in [-0.4, -0.2) is 24.2 Å². The topological polar surface area (TPSA) is 68.3 Å². The molecule has 26 heavy (non-hydrogen) atoms. The molecule has 0 amide bonds. The zero-order chi connectivity index (χ0) is 18.5. The third-order valence-corrected chi connectivity index (χ3v) is 3.60. The highest BCUT2D eigenvalue weighted by Gasteiger charge is 2.09. The van der Waals surface area contributed by atoms with Gasteiger partial charge in [-0.2, -0.15) is 4.98 Å². The number of rotatable bonds is 6. The Bertz CT molecular complexity index is 918. The van der Waals surface area contributed by atoms with Crippen molar-refractivity contribution in [2.45, 2.75) is 6.92 Å². The predicted octanol–water partition coefficient (Wildman–Crippen LogP) is 4.43. The minimum absolute atomic E-state index is 0.319. The lowest BCUT2D eigenvalue weighted by atomic mass is 10.2. The lowest BCUT2D eigenvalue weighted by molar-refractivity contribution is 0.405. The van der Waals surface area contributed by atoms with Crippen LogP contribution in [-0.2, 0) is 0 Å². The van der Waals surface area contributed by atoms with E-state index in [4.69, 9.17) is 9.47 Å². The van der Waals surface area contributed by atoms with Crippen molar-refractivity contribution in [3.63, 3.8) is 0 Å². The number of nitrogens with zero attached hydrogens (tertiary/aromatic N) is 2. The molecular formula is C19H19FN4O2. The van der Waals surface area contributed by atoms with Crippen LogP contribution in [0.25, 0.3) is 0 Å². The van der Waals surface area contributed by atoms with Gasteiger partial charge in [0.15, 0.2) is 0 Å². The number of hydrogen-bond acceptors (Lipinski definition) is 6. The lowest BCUT2D eigenvalue weighted by Gasteiger charge is -2.13. The second-order valence-corrected chi connectivity index (χ2v) is 5.54. The first-order chi connectivity index (χ1) is 12.6. The molecule has 0 bridgehead atoms. The van der Waals surface area contributed by atoms with Gasteiger partial charge in [0, 0.05) is 23.5 Å². The van der Waals surface area contributed by atoms with E-state index in [1.54, 1.807) is 50.6 Å². The molecule has 2 N–H and O–H groups in total. The van der Waals surface area contributed by atoms with Crippen molar-refractivity contribution in [2.75, 3.05) is 24.9 Å². The van der Waals surface area contributed by atoms with E-state index in [0.29, 0.717) is 34.6 Å². The molecule has 3 rings (SSSR count). The van der Waals surface area contributed by atoms with Crippen molar-refractivity contribution < 1.29 is 13.9 Å². The van der Waals surface area contributed by atoms with Gasteiger partial charge in [0.05, 0.1) is 19.9 Å². The van der Waals surface area contributed by atoms with Crippen molar-refractivity contribution in [3.8, 4) is 11.5 Å². The van der Waals surface area contributed by atoms with Crippen molar-refractivity contribution in [1.29, 1.82) is 0 Å². The summed E-state index contributed by atoms with van der Waals surface area (Å²) in [5.41, 5.74) is 2.03. The first-order valence-corrected chi connectivity index (χ1v) is 7.94. The molecule has 2 aromatic carbocycles. The SMILES string of the molecule is COc1ccc(OC)c(Nc2nc(C)cc(Nc3cccc(F)c3)n2)c1. The fraction of sp³-hybridized carbons (Fsp3) is 0.158. The summed E-state index contributed by atoms with van der Waals surface area (Å²) in [5.74, 6) is 1.93. The van der Waals surface area contributed by atoms with E-state index in [1.165, 1.54) is 12.1 Å². The Kier molecular flexibility index (Phi) is 5.17. The molecule has 7 heteroatoms. The molecule has 0 radical (unpaired) electrons. The Morgan fingerprint density at radius 2 is 1.77 bits per heavy atom. The molecule has 0 spiro atoms. The van der Waals surface area contributed by atoms with E-state index < -0.39 is 0 Å². The molecule has 134 valence electrons. The second-order valence-electron chi connectivity index (χ2n) is 5.54. The third-order valence-electron chi connectivity index (χ3n) is 3.60. The molecule has 1 heterocycles. The van der Waals surface area contributed by atoms with Crippen molar-refractivity contribution in [2.24, 2.45) is 0 Å². The largest absolute Gasteiger partial charge is 0.497 e. The summed E-state index contributed by atoms with van der Waals surface area (Å²) in [6.45, 7) is 1.85. The fourth-order valence-corrected chi connectivity index (χ4v) is 2.43. The number of aryl methyl sites for hydroxylation is 1. The molecular weight excluding hydrogens is 335 g/mol. The highest BCUT2D eigenvalue weighted by Crippen LogP contribution is 2.31. The van der Waals surface area contributed by atoms with Gasteiger partial charge in [-0.05, 0) is 37.3 Å². The Balaban J connectivity index is 1.88. The molecule has 1 aromatic heterocycles. The van der Waals surface area contributed by atoms with E-state index in [9.17, 15) is 4.39 Å². The van der Waals surface area contributed by atoms with Gasteiger partial charge >= 0.3 is 0 Å². The van der Waals surface area contributed by atoms with Gasteiger partial charge in [0.25, 0.3) is 0 Å². The van der Waals surface area contributed by atoms with Crippen molar-refractivity contribution in [1.82, 2.24) is 9.97 Å². The molecule has 0 saturated carbocycles. The Labute approximate surface area is 151 Å². The molecule has 0 aliphatic carbocycles. The van der Waals surface area contributed by atoms with Crippen LogP contribution in [0.1, 0.15) is 5.69 Å². The number of ether oxygens (including phenoxy) is 2. The van der Waals surface area contributed by atoms with Crippen LogP contribution in [0, 0.1) is 12.7 Å². The number of halogens is 1. The van der Waals surface area contributed by atoms with Gasteiger partial charge in [-0.25, -0.2) is 9.37 Å². The minimum Gasteiger partial charge on any atom is -0.497 e. The third kappa shape index (κ3) is 4.18. The van der Waals surface area contributed by atoms with Crippen LogP contribution in [0.2, 0.25) is 0 Å². The number of anilines is 4. The van der Waals surface area contributed by atoms with Crippen LogP contribution in [0.4, 0.5) is 27.5 Å². The summed E-state index contributed by atoms with van der Waals surface area (Å²) in [4.78, 5) is 8.82. The number of benzene rings is 2. The number of nitrogens with one attached hydrogen (secondary N) is 2. The highest BCUT2D eigenvalue weighted by atomic mass is 19.1. The first kappa shape index (κ1) is 17.5. The Morgan fingerprint density at radius 3 is 2.50 bits per heavy atom. The van der Waals surface area contributed by atoms with Crippen molar-refractivity contribution >= 4 is 23.1 Å². The fourth-order valence-electron chi connectivity index (χ4n) is 2.43. The zero-order valence-electron chi connectivity index (χ0n) is 14.7. The summed E-state index contributed by atoms with van der Waals surface area (Å²) in [6, 6.07) is 13.4. The zero-order valence-corrected chi connectivity index (χ0v) is 14.7. The number of methoxy groups -OCH3 is 2. The molecule has 3 aromatic rings. The average molecular weight is 354 g/mol. The summed E-state index contributed by atoms with van der Waals surface area (Å²) >= 11 is 0. The highest BCUT2D eigenvalue weighted by molar-refractivity contribution is 5.66. The molecule has 0 atom stereocenters. The monoisotopic (exact) mass is 354 g/mol. The standard InChI is InChI=1S/C19H19FN4O2/c1-12-9-18(22-14-6-4-5-13(20)10-14)24-19(21-12)23-16-11-15(25-2)7-8-17(16)26-3/h4-11H,1-3H3,(H2,21,22,23,24). The lowest BCUT2D eigenvalue weighted by Crippen LogP contribution is -2.03. The maximum absolute atomic E-state index is 13.4. The number of hydrogen-bond donors (Lipinski definition) is 2. The van der Waals surface area contributed by atoms with Crippen LogP contribution >= 0.6 is 0 Å². The van der Waals surface area contributed by atoms with Crippen LogP contribution in [0.5, 0.6) is 11.5 Å². The van der Waals surface area contributed by atoms with E-state index >= 15 is 0 Å². The predicted molar refractivity (Wildman–Crippen MR) is 99.3 cm³/mol. The van der Waals surface area contributed by atoms with E-state index in [1.807, 2.05) is 6.92 Å². The summed E-state index contributed by atoms with van der Waals surface area (Å²) in [5, 5.41) is 6.21. The molecule has 0 saturated heterocycles. The molecule has 6 nitrogen and oxygen atoms in total. The molecule has 0 aliphatic rings. The smallest absolute Gasteiger partial charge is 0.229 e. The van der Waals surface area contributed by atoms with Gasteiger partial charge in [-0.1, -0.05) is 6.07 Å². The average Bonchev–Trinajstić information content (AvgIpc) is 2.61. The van der Waals surface area contributed by atoms with Crippen LogP contribution in [0.15, 0.2) is 48.5 Å². The molecule has 0 unspecified atom stereocenters. The van der Waals surface area contributed by atoms with Crippen molar-refractivity contribution in [3.05, 3.63) is 60.0 Å². The minimum atomic E-state index is -0.319. The van der Waals surface area contributed by atoms with Gasteiger partial charge in [-0.15, -0.1) is 0 Å². The van der Waals surface area contributed by atoms with E-state index in [-0.39, 0.29) is 5.82 Å². The Hall–Kier alpha value is -3.35. The second kappa shape index (κ2) is 7.69. The summed E-state index contributed by atoms with van der Waals surface area (Å²) in [6.07, 6.45) is 0. The maximum atomic E-state index is 13.4. The summed E-state index contributed by atoms with van der Waals surface area (Å²) < 4.78 is 24.0. The van der Waals surface area contributed by atoms with Gasteiger partial charge in [-0.3, -0.25) is 0 Å². The summed E-state index contributed by atoms with van der Waals surface area (Å²) in [7, 11) is 3.18.